The summed E-state index contributed by atoms with van der Waals surface area (Å²) in [6.07, 6.45) is 2.79. The van der Waals surface area contributed by atoms with Crippen LogP contribution in [-0.4, -0.2) is 22.3 Å². The second kappa shape index (κ2) is 7.76. The van der Waals surface area contributed by atoms with Gasteiger partial charge in [0.05, 0.1) is 0 Å². The number of benzene rings is 1. The molecule has 0 fully saturated rings. The lowest BCUT2D eigenvalue weighted by molar-refractivity contribution is -0.116. The van der Waals surface area contributed by atoms with Gasteiger partial charge in [0.2, 0.25) is 5.88 Å². The van der Waals surface area contributed by atoms with Crippen molar-refractivity contribution in [1.29, 1.82) is 5.26 Å². The normalized spacial score (nSPS) is 11.1. The lowest BCUT2D eigenvalue weighted by atomic mass is 10.1. The predicted octanol–water partition coefficient (Wildman–Crippen LogP) is 2.76. The lowest BCUT2D eigenvalue weighted by Gasteiger charge is -2.12. The van der Waals surface area contributed by atoms with E-state index in [1.54, 1.807) is 18.3 Å². The molecule has 1 aromatic carbocycles. The SMILES string of the molecule is CNC(=O)C(C#N)=Cc1c(Oc2ccccc2C)nc2c(C)cccn2c1=O. The maximum absolute atomic E-state index is 13.1. The van der Waals surface area contributed by atoms with Crippen molar-refractivity contribution in [2.75, 3.05) is 7.05 Å². The molecule has 0 aliphatic carbocycles. The average Bonchev–Trinajstić information content (AvgIpc) is 2.70. The van der Waals surface area contributed by atoms with Gasteiger partial charge in [-0.2, -0.15) is 10.2 Å². The maximum atomic E-state index is 13.1. The fraction of sp³-hybridized carbons (Fsp3) is 0.143. The molecule has 3 aromatic rings. The smallest absolute Gasteiger partial charge is 0.269 e. The minimum atomic E-state index is -0.599. The first-order valence-corrected chi connectivity index (χ1v) is 8.55. The van der Waals surface area contributed by atoms with Crippen LogP contribution in [0.2, 0.25) is 0 Å². The van der Waals surface area contributed by atoms with Crippen LogP contribution >= 0.6 is 0 Å². The van der Waals surface area contributed by atoms with E-state index in [0.717, 1.165) is 11.1 Å². The number of ether oxygens (including phenoxy) is 1. The van der Waals surface area contributed by atoms with Crippen LogP contribution in [0.5, 0.6) is 11.6 Å². The first-order chi connectivity index (χ1) is 13.5. The summed E-state index contributed by atoms with van der Waals surface area (Å²) in [6, 6.07) is 12.7. The predicted molar refractivity (Wildman–Crippen MR) is 105 cm³/mol. The van der Waals surface area contributed by atoms with Crippen LogP contribution in [0.3, 0.4) is 0 Å². The van der Waals surface area contributed by atoms with E-state index in [1.165, 1.54) is 17.5 Å². The highest BCUT2D eigenvalue weighted by Crippen LogP contribution is 2.27. The number of carbonyl (C=O) groups is 1. The fourth-order valence-electron chi connectivity index (χ4n) is 2.70. The summed E-state index contributed by atoms with van der Waals surface area (Å²) >= 11 is 0. The standard InChI is InChI=1S/C21H18N4O3/c1-13-7-4-5-9-17(13)28-20-16(11-15(12-22)19(26)23-3)21(27)25-10-6-8-14(2)18(25)24-20/h4-11H,1-3H3,(H,23,26). The third kappa shape index (κ3) is 3.48. The topological polar surface area (TPSA) is 96.5 Å². The van der Waals surface area contributed by atoms with E-state index >= 15 is 0 Å². The number of hydrogen-bond donors (Lipinski definition) is 1. The Bertz CT molecular complexity index is 1200. The second-order valence-corrected chi connectivity index (χ2v) is 6.14. The van der Waals surface area contributed by atoms with Gasteiger partial charge in [0.1, 0.15) is 28.6 Å². The molecular weight excluding hydrogens is 356 g/mol. The molecule has 1 amide bonds. The Morgan fingerprint density at radius 1 is 1.21 bits per heavy atom. The minimum Gasteiger partial charge on any atom is -0.438 e. The number of aromatic nitrogens is 2. The Kier molecular flexibility index (Phi) is 5.23. The minimum absolute atomic E-state index is 0.0199. The van der Waals surface area contributed by atoms with E-state index in [9.17, 15) is 14.9 Å². The largest absolute Gasteiger partial charge is 0.438 e. The highest BCUT2D eigenvalue weighted by Gasteiger charge is 2.18. The van der Waals surface area contributed by atoms with Gasteiger partial charge >= 0.3 is 0 Å². The Labute approximate surface area is 161 Å². The van der Waals surface area contributed by atoms with Gasteiger partial charge in [-0.25, -0.2) is 0 Å². The summed E-state index contributed by atoms with van der Waals surface area (Å²) in [5, 5.41) is 11.7. The molecule has 0 aliphatic rings. The monoisotopic (exact) mass is 374 g/mol. The lowest BCUT2D eigenvalue weighted by Crippen LogP contribution is -2.22. The van der Waals surface area contributed by atoms with Gasteiger partial charge in [-0.3, -0.25) is 14.0 Å². The second-order valence-electron chi connectivity index (χ2n) is 6.14. The number of para-hydroxylation sites is 1. The molecule has 0 atom stereocenters. The molecule has 0 saturated carbocycles. The van der Waals surface area contributed by atoms with E-state index in [-0.39, 0.29) is 17.0 Å². The third-order valence-corrected chi connectivity index (χ3v) is 4.23. The van der Waals surface area contributed by atoms with Gasteiger partial charge in [0.15, 0.2) is 0 Å². The van der Waals surface area contributed by atoms with Crippen molar-refractivity contribution in [3.63, 3.8) is 0 Å². The van der Waals surface area contributed by atoms with Crippen molar-refractivity contribution >= 4 is 17.6 Å². The number of aryl methyl sites for hydroxylation is 2. The van der Waals surface area contributed by atoms with Crippen molar-refractivity contribution < 1.29 is 9.53 Å². The summed E-state index contributed by atoms with van der Waals surface area (Å²) < 4.78 is 7.30. The zero-order valence-corrected chi connectivity index (χ0v) is 15.7. The summed E-state index contributed by atoms with van der Waals surface area (Å²) in [4.78, 5) is 29.5. The average molecular weight is 374 g/mol. The van der Waals surface area contributed by atoms with Crippen molar-refractivity contribution in [1.82, 2.24) is 14.7 Å². The van der Waals surface area contributed by atoms with Gasteiger partial charge in [0.25, 0.3) is 11.5 Å². The zero-order valence-electron chi connectivity index (χ0n) is 15.7. The number of fused-ring (bicyclic) bond motifs is 1. The summed E-state index contributed by atoms with van der Waals surface area (Å²) in [6.45, 7) is 3.70. The molecule has 7 heteroatoms. The van der Waals surface area contributed by atoms with Crippen molar-refractivity contribution in [2.24, 2.45) is 0 Å². The maximum Gasteiger partial charge on any atom is 0.269 e. The molecule has 28 heavy (non-hydrogen) atoms. The summed E-state index contributed by atoms with van der Waals surface area (Å²) in [7, 11) is 1.41. The number of nitrogens with zero attached hydrogens (tertiary/aromatic N) is 3. The molecule has 0 saturated heterocycles. The molecule has 0 bridgehead atoms. The molecular formula is C21H18N4O3. The number of carbonyl (C=O) groups excluding carboxylic acids is 1. The summed E-state index contributed by atoms with van der Waals surface area (Å²) in [5.41, 5.74) is 1.45. The van der Waals surface area contributed by atoms with E-state index in [2.05, 4.69) is 10.3 Å². The Morgan fingerprint density at radius 3 is 2.61 bits per heavy atom. The van der Waals surface area contributed by atoms with E-state index < -0.39 is 11.5 Å². The van der Waals surface area contributed by atoms with E-state index in [0.29, 0.717) is 11.4 Å². The van der Waals surface area contributed by atoms with Gasteiger partial charge in [-0.05, 0) is 43.2 Å². The number of rotatable bonds is 4. The first kappa shape index (κ1) is 18.9. The molecule has 2 aromatic heterocycles. The molecule has 0 aliphatic heterocycles. The Balaban J connectivity index is 2.31. The van der Waals surface area contributed by atoms with Crippen LogP contribution in [0.15, 0.2) is 53.0 Å². The highest BCUT2D eigenvalue weighted by molar-refractivity contribution is 6.01. The molecule has 0 unspecified atom stereocenters. The zero-order chi connectivity index (χ0) is 20.3. The molecule has 140 valence electrons. The molecule has 3 rings (SSSR count). The van der Waals surface area contributed by atoms with Crippen LogP contribution in [-0.2, 0) is 4.79 Å². The van der Waals surface area contributed by atoms with Gasteiger partial charge < -0.3 is 10.1 Å². The van der Waals surface area contributed by atoms with E-state index in [1.807, 2.05) is 44.2 Å². The third-order valence-electron chi connectivity index (χ3n) is 4.23. The molecule has 0 radical (unpaired) electrons. The van der Waals surface area contributed by atoms with Crippen LogP contribution in [0, 0.1) is 25.2 Å². The number of nitrogens with one attached hydrogen (secondary N) is 1. The quantitative estimate of drug-likeness (QED) is 0.559. The molecule has 7 nitrogen and oxygen atoms in total. The number of hydrogen-bond acceptors (Lipinski definition) is 5. The fourth-order valence-corrected chi connectivity index (χ4v) is 2.70. The van der Waals surface area contributed by atoms with E-state index in [4.69, 9.17) is 4.74 Å². The van der Waals surface area contributed by atoms with Gasteiger partial charge in [-0.15, -0.1) is 0 Å². The summed E-state index contributed by atoms with van der Waals surface area (Å²) in [5.74, 6) is -0.0382. The van der Waals surface area contributed by atoms with Crippen molar-refractivity contribution in [2.45, 2.75) is 13.8 Å². The molecule has 1 N–H and O–H groups in total. The van der Waals surface area contributed by atoms with Crippen molar-refractivity contribution in [3.8, 4) is 17.7 Å². The first-order valence-electron chi connectivity index (χ1n) is 8.55. The highest BCUT2D eigenvalue weighted by atomic mass is 16.5. The van der Waals surface area contributed by atoms with Crippen LogP contribution in [0.25, 0.3) is 11.7 Å². The Morgan fingerprint density at radius 2 is 1.93 bits per heavy atom. The molecule has 2 heterocycles. The van der Waals surface area contributed by atoms with Gasteiger partial charge in [-0.1, -0.05) is 24.3 Å². The van der Waals surface area contributed by atoms with Crippen LogP contribution < -0.4 is 15.6 Å². The van der Waals surface area contributed by atoms with Crippen LogP contribution in [0.1, 0.15) is 16.7 Å². The van der Waals surface area contributed by atoms with Gasteiger partial charge in [0, 0.05) is 13.2 Å². The Hall–Kier alpha value is -3.92. The number of nitriles is 1. The number of pyridine rings is 1. The number of likely N-dealkylation sites (N-methyl/N-ethyl adjacent to an activating group) is 1. The number of amides is 1. The van der Waals surface area contributed by atoms with Crippen LogP contribution in [0.4, 0.5) is 0 Å². The van der Waals surface area contributed by atoms with Crippen molar-refractivity contribution in [3.05, 3.63) is 75.2 Å². The molecule has 0 spiro atoms.